The predicted octanol–water partition coefficient (Wildman–Crippen LogP) is 1.49. The lowest BCUT2D eigenvalue weighted by molar-refractivity contribution is 0.109. The molecule has 3 heteroatoms. The lowest BCUT2D eigenvalue weighted by Crippen LogP contribution is -2.34. The summed E-state index contributed by atoms with van der Waals surface area (Å²) in [6, 6.07) is 0. The van der Waals surface area contributed by atoms with Crippen LogP contribution in [0.4, 0.5) is 0 Å². The Labute approximate surface area is 99.5 Å². The summed E-state index contributed by atoms with van der Waals surface area (Å²) in [5.74, 6) is 0.957. The second kappa shape index (κ2) is 6.58. The summed E-state index contributed by atoms with van der Waals surface area (Å²) in [6.45, 7) is 9.28. The Hall–Kier alpha value is -0.120. The lowest BCUT2D eigenvalue weighted by atomic mass is 10.1. The zero-order valence-corrected chi connectivity index (χ0v) is 10.6. The average molecular weight is 226 g/mol. The Morgan fingerprint density at radius 2 is 2.31 bits per heavy atom. The molecule has 2 heterocycles. The van der Waals surface area contributed by atoms with Crippen molar-refractivity contribution in [3.05, 3.63) is 0 Å². The SMILES string of the molecule is CCC1CCN(CCNCC2CCCO2)C1. The molecule has 94 valence electrons. The van der Waals surface area contributed by atoms with Crippen LogP contribution in [0.25, 0.3) is 0 Å². The van der Waals surface area contributed by atoms with E-state index in [1.54, 1.807) is 0 Å². The molecule has 0 radical (unpaired) electrons. The fourth-order valence-electron chi connectivity index (χ4n) is 2.75. The molecule has 0 aromatic heterocycles. The Balaban J connectivity index is 1.48. The number of nitrogens with one attached hydrogen (secondary N) is 1. The van der Waals surface area contributed by atoms with Gasteiger partial charge in [0.2, 0.25) is 0 Å². The number of likely N-dealkylation sites (tertiary alicyclic amines) is 1. The highest BCUT2D eigenvalue weighted by atomic mass is 16.5. The maximum absolute atomic E-state index is 5.58. The van der Waals surface area contributed by atoms with E-state index in [0.717, 1.165) is 25.6 Å². The van der Waals surface area contributed by atoms with Gasteiger partial charge in [-0.15, -0.1) is 0 Å². The van der Waals surface area contributed by atoms with Crippen LogP contribution in [0.2, 0.25) is 0 Å². The van der Waals surface area contributed by atoms with Gasteiger partial charge in [0.05, 0.1) is 6.10 Å². The van der Waals surface area contributed by atoms with Crippen molar-refractivity contribution in [3.63, 3.8) is 0 Å². The smallest absolute Gasteiger partial charge is 0.0700 e. The first-order valence-electron chi connectivity index (χ1n) is 6.93. The van der Waals surface area contributed by atoms with Crippen molar-refractivity contribution in [1.82, 2.24) is 10.2 Å². The lowest BCUT2D eigenvalue weighted by Gasteiger charge is -2.17. The van der Waals surface area contributed by atoms with Crippen molar-refractivity contribution in [2.45, 2.75) is 38.7 Å². The summed E-state index contributed by atoms with van der Waals surface area (Å²) in [7, 11) is 0. The van der Waals surface area contributed by atoms with E-state index in [0.29, 0.717) is 6.10 Å². The summed E-state index contributed by atoms with van der Waals surface area (Å²) in [5.41, 5.74) is 0. The topological polar surface area (TPSA) is 24.5 Å². The maximum Gasteiger partial charge on any atom is 0.0700 e. The normalized spacial score (nSPS) is 31.3. The van der Waals surface area contributed by atoms with Gasteiger partial charge in [-0.05, 0) is 31.7 Å². The fourth-order valence-corrected chi connectivity index (χ4v) is 2.75. The predicted molar refractivity (Wildman–Crippen MR) is 66.7 cm³/mol. The third kappa shape index (κ3) is 3.72. The molecule has 2 saturated heterocycles. The van der Waals surface area contributed by atoms with Crippen molar-refractivity contribution < 1.29 is 4.74 Å². The Kier molecular flexibility index (Phi) is 5.07. The van der Waals surface area contributed by atoms with E-state index in [9.17, 15) is 0 Å². The summed E-state index contributed by atoms with van der Waals surface area (Å²) in [6.07, 6.45) is 5.73. The minimum Gasteiger partial charge on any atom is -0.377 e. The highest BCUT2D eigenvalue weighted by Gasteiger charge is 2.20. The summed E-state index contributed by atoms with van der Waals surface area (Å²) in [5, 5.41) is 3.52. The van der Waals surface area contributed by atoms with Crippen LogP contribution >= 0.6 is 0 Å². The van der Waals surface area contributed by atoms with Crippen LogP contribution in [-0.4, -0.2) is 50.3 Å². The molecule has 2 rings (SSSR count). The van der Waals surface area contributed by atoms with Crippen molar-refractivity contribution >= 4 is 0 Å². The van der Waals surface area contributed by atoms with Crippen LogP contribution in [0.3, 0.4) is 0 Å². The van der Waals surface area contributed by atoms with Gasteiger partial charge in [-0.25, -0.2) is 0 Å². The van der Waals surface area contributed by atoms with Gasteiger partial charge in [0, 0.05) is 32.8 Å². The summed E-state index contributed by atoms with van der Waals surface area (Å²) < 4.78 is 5.58. The molecule has 0 saturated carbocycles. The Morgan fingerprint density at radius 3 is 3.00 bits per heavy atom. The number of rotatable bonds is 6. The third-order valence-corrected chi connectivity index (χ3v) is 3.95. The molecule has 16 heavy (non-hydrogen) atoms. The van der Waals surface area contributed by atoms with E-state index in [2.05, 4.69) is 17.1 Å². The first kappa shape index (κ1) is 12.3. The summed E-state index contributed by atoms with van der Waals surface area (Å²) >= 11 is 0. The zero-order chi connectivity index (χ0) is 11.2. The summed E-state index contributed by atoms with van der Waals surface area (Å²) in [4.78, 5) is 2.59. The maximum atomic E-state index is 5.58. The van der Waals surface area contributed by atoms with Crippen molar-refractivity contribution in [3.8, 4) is 0 Å². The monoisotopic (exact) mass is 226 g/mol. The molecule has 3 nitrogen and oxygen atoms in total. The van der Waals surface area contributed by atoms with Gasteiger partial charge in [-0.1, -0.05) is 13.3 Å². The molecule has 2 atom stereocenters. The Morgan fingerprint density at radius 1 is 1.38 bits per heavy atom. The molecule has 0 aromatic rings. The molecule has 2 aliphatic rings. The van der Waals surface area contributed by atoms with Crippen molar-refractivity contribution in [1.29, 1.82) is 0 Å². The highest BCUT2D eigenvalue weighted by Crippen LogP contribution is 2.18. The molecule has 0 amide bonds. The van der Waals surface area contributed by atoms with E-state index >= 15 is 0 Å². The van der Waals surface area contributed by atoms with Gasteiger partial charge < -0.3 is 15.0 Å². The standard InChI is InChI=1S/C13H26N2O/c1-2-12-5-7-15(11-12)8-6-14-10-13-4-3-9-16-13/h12-14H,2-11H2,1H3. The fraction of sp³-hybridized carbons (Fsp3) is 1.00. The van der Waals surface area contributed by atoms with E-state index in [-0.39, 0.29) is 0 Å². The number of nitrogens with zero attached hydrogens (tertiary/aromatic N) is 1. The highest BCUT2D eigenvalue weighted by molar-refractivity contribution is 4.75. The largest absolute Gasteiger partial charge is 0.377 e. The first-order valence-corrected chi connectivity index (χ1v) is 6.93. The molecule has 0 spiro atoms. The molecule has 2 aliphatic heterocycles. The minimum absolute atomic E-state index is 0.488. The van der Waals surface area contributed by atoms with E-state index in [1.165, 1.54) is 45.3 Å². The van der Waals surface area contributed by atoms with E-state index < -0.39 is 0 Å². The molecule has 2 fully saturated rings. The van der Waals surface area contributed by atoms with E-state index in [1.807, 2.05) is 0 Å². The quantitative estimate of drug-likeness (QED) is 0.694. The van der Waals surface area contributed by atoms with Crippen molar-refractivity contribution in [2.24, 2.45) is 5.92 Å². The molecule has 0 aromatic carbocycles. The number of ether oxygens (including phenoxy) is 1. The molecule has 0 aliphatic carbocycles. The molecular weight excluding hydrogens is 200 g/mol. The molecule has 0 bridgehead atoms. The molecule has 2 unspecified atom stereocenters. The van der Waals surface area contributed by atoms with Gasteiger partial charge >= 0.3 is 0 Å². The number of hydrogen-bond acceptors (Lipinski definition) is 3. The van der Waals surface area contributed by atoms with Crippen LogP contribution in [0.1, 0.15) is 32.6 Å². The van der Waals surface area contributed by atoms with Gasteiger partial charge in [0.1, 0.15) is 0 Å². The second-order valence-electron chi connectivity index (χ2n) is 5.20. The van der Waals surface area contributed by atoms with Crippen molar-refractivity contribution in [2.75, 3.05) is 39.3 Å². The Bertz CT molecular complexity index is 192. The van der Waals surface area contributed by atoms with Gasteiger partial charge in [0.25, 0.3) is 0 Å². The van der Waals surface area contributed by atoms with Crippen LogP contribution < -0.4 is 5.32 Å². The van der Waals surface area contributed by atoms with Gasteiger partial charge in [-0.3, -0.25) is 0 Å². The molecular formula is C13H26N2O. The average Bonchev–Trinajstić information content (AvgIpc) is 2.95. The van der Waals surface area contributed by atoms with Crippen LogP contribution in [0.15, 0.2) is 0 Å². The van der Waals surface area contributed by atoms with Crippen LogP contribution in [-0.2, 0) is 4.74 Å². The second-order valence-corrected chi connectivity index (χ2v) is 5.20. The first-order chi connectivity index (χ1) is 7.88. The van der Waals surface area contributed by atoms with Gasteiger partial charge in [-0.2, -0.15) is 0 Å². The van der Waals surface area contributed by atoms with E-state index in [4.69, 9.17) is 4.74 Å². The molecule has 1 N–H and O–H groups in total. The minimum atomic E-state index is 0.488. The van der Waals surface area contributed by atoms with Gasteiger partial charge in [0.15, 0.2) is 0 Å². The van der Waals surface area contributed by atoms with Crippen LogP contribution in [0.5, 0.6) is 0 Å². The number of hydrogen-bond donors (Lipinski definition) is 1. The van der Waals surface area contributed by atoms with Crippen LogP contribution in [0, 0.1) is 5.92 Å². The third-order valence-electron chi connectivity index (χ3n) is 3.95. The zero-order valence-electron chi connectivity index (χ0n) is 10.6.